The first-order chi connectivity index (χ1) is 17.9. The molecule has 8 nitrogen and oxygen atoms in total. The topological polar surface area (TPSA) is 80.3 Å². The van der Waals surface area contributed by atoms with E-state index >= 15 is 0 Å². The molecule has 1 atom stereocenters. The normalized spacial score (nSPS) is 15.1. The number of hydrogen-bond acceptors (Lipinski definition) is 6. The summed E-state index contributed by atoms with van der Waals surface area (Å²) < 4.78 is 15.6. The molecule has 1 N–H and O–H groups in total. The van der Waals surface area contributed by atoms with Crippen molar-refractivity contribution in [3.05, 3.63) is 78.4 Å². The predicted molar refractivity (Wildman–Crippen MR) is 147 cm³/mol. The molecular formula is C28H29N3O5S. The maximum absolute atomic E-state index is 13.6. The van der Waals surface area contributed by atoms with Crippen molar-refractivity contribution in [3.63, 3.8) is 0 Å². The highest BCUT2D eigenvalue weighted by molar-refractivity contribution is 7.80. The predicted octanol–water partition coefficient (Wildman–Crippen LogP) is 4.29. The van der Waals surface area contributed by atoms with Gasteiger partial charge in [-0.05, 0) is 84.9 Å². The van der Waals surface area contributed by atoms with Gasteiger partial charge in [-0.25, -0.2) is 0 Å². The highest BCUT2D eigenvalue weighted by Gasteiger charge is 2.43. The van der Waals surface area contributed by atoms with E-state index < -0.39 is 6.04 Å². The quantitative estimate of drug-likeness (QED) is 0.401. The minimum Gasteiger partial charge on any atom is -0.497 e. The van der Waals surface area contributed by atoms with Crippen LogP contribution in [0.25, 0.3) is 0 Å². The fourth-order valence-electron chi connectivity index (χ4n) is 4.16. The summed E-state index contributed by atoms with van der Waals surface area (Å²) >= 11 is 5.76. The molecule has 1 heterocycles. The highest BCUT2D eigenvalue weighted by atomic mass is 32.1. The van der Waals surface area contributed by atoms with Crippen LogP contribution in [-0.2, 0) is 16.0 Å². The van der Waals surface area contributed by atoms with Gasteiger partial charge in [0.05, 0.1) is 33.4 Å². The third kappa shape index (κ3) is 6.00. The average Bonchev–Trinajstić information content (AvgIpc) is 3.16. The van der Waals surface area contributed by atoms with Crippen LogP contribution in [0.4, 0.5) is 11.4 Å². The van der Waals surface area contributed by atoms with Gasteiger partial charge in [-0.15, -0.1) is 0 Å². The summed E-state index contributed by atoms with van der Waals surface area (Å²) in [6, 6.07) is 21.2. The van der Waals surface area contributed by atoms with E-state index in [9.17, 15) is 9.59 Å². The SMILES string of the molecule is COc1ccc(CCN2C(=S)N(c3ccc(OC)cc3)C(=O)[C@H]2CC(=O)Nc2ccc(OC)cc2)cc1. The monoisotopic (exact) mass is 519 g/mol. The Balaban J connectivity index is 1.53. The molecule has 1 aliphatic heterocycles. The molecule has 0 saturated carbocycles. The molecule has 0 unspecified atom stereocenters. The van der Waals surface area contributed by atoms with Gasteiger partial charge in [0.25, 0.3) is 5.91 Å². The van der Waals surface area contributed by atoms with Gasteiger partial charge in [0.2, 0.25) is 5.91 Å². The molecule has 3 aromatic carbocycles. The fourth-order valence-corrected chi connectivity index (χ4v) is 4.57. The number of amides is 2. The molecule has 192 valence electrons. The minimum absolute atomic E-state index is 0.0414. The fraction of sp³-hybridized carbons (Fsp3) is 0.250. The van der Waals surface area contributed by atoms with Crippen molar-refractivity contribution in [2.24, 2.45) is 0 Å². The van der Waals surface area contributed by atoms with Crippen molar-refractivity contribution in [2.75, 3.05) is 38.1 Å². The molecule has 9 heteroatoms. The number of carbonyl (C=O) groups excluding carboxylic acids is 2. The molecule has 0 radical (unpaired) electrons. The minimum atomic E-state index is -0.730. The Labute approximate surface area is 221 Å². The number of benzene rings is 3. The zero-order chi connectivity index (χ0) is 26.4. The van der Waals surface area contributed by atoms with Gasteiger partial charge in [-0.3, -0.25) is 14.5 Å². The molecule has 0 aromatic heterocycles. The third-order valence-electron chi connectivity index (χ3n) is 6.20. The first kappa shape index (κ1) is 26.0. The molecule has 1 fully saturated rings. The molecule has 0 spiro atoms. The molecular weight excluding hydrogens is 490 g/mol. The van der Waals surface area contributed by atoms with Gasteiger partial charge >= 0.3 is 0 Å². The Morgan fingerprint density at radius 1 is 0.838 bits per heavy atom. The van der Waals surface area contributed by atoms with Crippen LogP contribution < -0.4 is 24.4 Å². The average molecular weight is 520 g/mol. The Morgan fingerprint density at radius 3 is 1.89 bits per heavy atom. The van der Waals surface area contributed by atoms with Gasteiger partial charge in [0.1, 0.15) is 23.3 Å². The van der Waals surface area contributed by atoms with Crippen molar-refractivity contribution < 1.29 is 23.8 Å². The molecule has 2 amide bonds. The second-order valence-corrected chi connectivity index (χ2v) is 8.81. The summed E-state index contributed by atoms with van der Waals surface area (Å²) in [6.45, 7) is 0.476. The number of carbonyl (C=O) groups is 2. The second kappa shape index (κ2) is 11.7. The molecule has 1 aliphatic rings. The lowest BCUT2D eigenvalue weighted by Crippen LogP contribution is -2.39. The molecule has 37 heavy (non-hydrogen) atoms. The van der Waals surface area contributed by atoms with E-state index in [2.05, 4.69) is 5.32 Å². The zero-order valence-electron chi connectivity index (χ0n) is 21.0. The van der Waals surface area contributed by atoms with Crippen LogP contribution in [0.15, 0.2) is 72.8 Å². The first-order valence-electron chi connectivity index (χ1n) is 11.8. The Morgan fingerprint density at radius 2 is 1.35 bits per heavy atom. The van der Waals surface area contributed by atoms with Gasteiger partial charge in [0, 0.05) is 12.2 Å². The Bertz CT molecular complexity index is 1250. The van der Waals surface area contributed by atoms with Gasteiger partial charge < -0.3 is 24.4 Å². The van der Waals surface area contributed by atoms with Crippen LogP contribution in [0.1, 0.15) is 12.0 Å². The zero-order valence-corrected chi connectivity index (χ0v) is 21.8. The Kier molecular flexibility index (Phi) is 8.25. The van der Waals surface area contributed by atoms with Crippen molar-refractivity contribution in [1.82, 2.24) is 4.90 Å². The summed E-state index contributed by atoms with van der Waals surface area (Å²) in [5, 5.41) is 3.23. The lowest BCUT2D eigenvalue weighted by Gasteiger charge is -2.24. The first-order valence-corrected chi connectivity index (χ1v) is 12.2. The molecule has 3 aromatic rings. The van der Waals surface area contributed by atoms with Crippen LogP contribution >= 0.6 is 12.2 Å². The van der Waals surface area contributed by atoms with E-state index in [1.54, 1.807) is 69.9 Å². The number of ether oxygens (including phenoxy) is 3. The molecule has 4 rings (SSSR count). The van der Waals surface area contributed by atoms with E-state index in [4.69, 9.17) is 26.4 Å². The van der Waals surface area contributed by atoms with E-state index in [-0.39, 0.29) is 18.2 Å². The van der Waals surface area contributed by atoms with Crippen molar-refractivity contribution >= 4 is 40.5 Å². The third-order valence-corrected chi connectivity index (χ3v) is 6.62. The maximum Gasteiger partial charge on any atom is 0.256 e. The van der Waals surface area contributed by atoms with Crippen molar-refractivity contribution in [3.8, 4) is 17.2 Å². The number of methoxy groups -OCH3 is 3. The number of thiocarbonyl (C=S) groups is 1. The number of hydrogen-bond donors (Lipinski definition) is 1. The van der Waals surface area contributed by atoms with E-state index in [1.807, 2.05) is 29.2 Å². The maximum atomic E-state index is 13.6. The summed E-state index contributed by atoms with van der Waals surface area (Å²) in [7, 11) is 4.79. The molecule has 0 aliphatic carbocycles. The van der Waals surface area contributed by atoms with Crippen LogP contribution in [0.5, 0.6) is 17.2 Å². The standard InChI is InChI=1S/C28H29N3O5S/c1-34-22-10-4-19(5-11-22)16-17-30-25(18-26(32)29-20-6-12-23(35-2)13-7-20)27(33)31(28(30)37)21-8-14-24(36-3)15-9-21/h4-15,25H,16-18H2,1-3H3,(H,29,32)/t25-/m1/s1. The van der Waals surface area contributed by atoms with E-state index in [0.29, 0.717) is 41.0 Å². The summed E-state index contributed by atoms with van der Waals surface area (Å²) in [6.07, 6.45) is 0.602. The van der Waals surface area contributed by atoms with Gasteiger partial charge in [-0.1, -0.05) is 12.1 Å². The van der Waals surface area contributed by atoms with E-state index in [0.717, 1.165) is 11.3 Å². The lowest BCUT2D eigenvalue weighted by atomic mass is 10.1. The highest BCUT2D eigenvalue weighted by Crippen LogP contribution is 2.29. The van der Waals surface area contributed by atoms with E-state index in [1.165, 1.54) is 4.90 Å². The van der Waals surface area contributed by atoms with Gasteiger partial charge in [0.15, 0.2) is 5.11 Å². The molecule has 1 saturated heterocycles. The van der Waals surface area contributed by atoms with Crippen LogP contribution in [-0.4, -0.2) is 55.7 Å². The Hall–Kier alpha value is -4.11. The van der Waals surface area contributed by atoms with Crippen molar-refractivity contribution in [1.29, 1.82) is 0 Å². The number of rotatable bonds is 10. The van der Waals surface area contributed by atoms with Crippen LogP contribution in [0.2, 0.25) is 0 Å². The summed E-state index contributed by atoms with van der Waals surface area (Å²) in [4.78, 5) is 29.9. The number of nitrogens with zero attached hydrogens (tertiary/aromatic N) is 2. The van der Waals surface area contributed by atoms with Crippen molar-refractivity contribution in [2.45, 2.75) is 18.9 Å². The van der Waals surface area contributed by atoms with Crippen LogP contribution in [0, 0.1) is 0 Å². The van der Waals surface area contributed by atoms with Gasteiger partial charge in [-0.2, -0.15) is 0 Å². The summed E-state index contributed by atoms with van der Waals surface area (Å²) in [5.41, 5.74) is 2.32. The summed E-state index contributed by atoms with van der Waals surface area (Å²) in [5.74, 6) is 1.61. The number of anilines is 2. The van der Waals surface area contributed by atoms with Crippen LogP contribution in [0.3, 0.4) is 0 Å². The smallest absolute Gasteiger partial charge is 0.256 e. The number of nitrogens with one attached hydrogen (secondary N) is 1. The lowest BCUT2D eigenvalue weighted by molar-refractivity contribution is -0.124. The largest absolute Gasteiger partial charge is 0.497 e. The molecule has 0 bridgehead atoms. The second-order valence-electron chi connectivity index (χ2n) is 8.44.